The van der Waals surface area contributed by atoms with Crippen LogP contribution in [0, 0.1) is 0 Å². The van der Waals surface area contributed by atoms with E-state index in [0.717, 1.165) is 0 Å². The minimum absolute atomic E-state index is 0. The van der Waals surface area contributed by atoms with Crippen LogP contribution in [0.15, 0.2) is 0 Å². The number of quaternary nitrogens is 1. The highest BCUT2D eigenvalue weighted by molar-refractivity contribution is 4.47. The Kier molecular flexibility index (Phi) is 22.4. The molecule has 0 heterocycles. The van der Waals surface area contributed by atoms with Crippen molar-refractivity contribution in [2.24, 2.45) is 0 Å². The third-order valence-electron chi connectivity index (χ3n) is 3.35. The van der Waals surface area contributed by atoms with Gasteiger partial charge in [0.15, 0.2) is 0 Å². The lowest BCUT2D eigenvalue weighted by Crippen LogP contribution is -3.00. The molecule has 0 aliphatic rings. The molecule has 0 aromatic carbocycles. The van der Waals surface area contributed by atoms with Crippen LogP contribution >= 0.6 is 0 Å². The van der Waals surface area contributed by atoms with Crippen molar-refractivity contribution < 1.29 is 29.3 Å². The van der Waals surface area contributed by atoms with Gasteiger partial charge < -0.3 is 29.3 Å². The summed E-state index contributed by atoms with van der Waals surface area (Å²) in [5.41, 5.74) is 0. The molecule has 106 valence electrons. The fourth-order valence-electron chi connectivity index (χ4n) is 2.19. The van der Waals surface area contributed by atoms with Crippen molar-refractivity contribution in [3.8, 4) is 0 Å². The van der Waals surface area contributed by atoms with Gasteiger partial charge in [0.25, 0.3) is 0 Å². The van der Waals surface area contributed by atoms with Crippen LogP contribution < -0.4 is 29.3 Å². The molecule has 0 aromatic heterocycles. The van der Waals surface area contributed by atoms with Crippen LogP contribution in [-0.4, -0.2) is 13.6 Å². The van der Waals surface area contributed by atoms with Gasteiger partial charge >= 0.3 is 0 Å². The van der Waals surface area contributed by atoms with Crippen molar-refractivity contribution in [3.05, 3.63) is 0 Å². The molecule has 0 saturated carbocycles. The lowest BCUT2D eigenvalue weighted by molar-refractivity contribution is -0.627. The van der Waals surface area contributed by atoms with E-state index in [1.807, 2.05) is 0 Å². The van der Waals surface area contributed by atoms with E-state index >= 15 is 0 Å². The Hall–Kier alpha value is 0.690. The van der Waals surface area contributed by atoms with Crippen molar-refractivity contribution in [1.82, 2.24) is 0 Å². The highest BCUT2D eigenvalue weighted by Gasteiger charge is 1.93. The van der Waals surface area contributed by atoms with Crippen molar-refractivity contribution in [2.75, 3.05) is 13.6 Å². The second kappa shape index (κ2) is 19.0. The summed E-state index contributed by atoms with van der Waals surface area (Å²) >= 11 is 0. The molecule has 0 amide bonds. The van der Waals surface area contributed by atoms with E-state index in [4.69, 9.17) is 0 Å². The first-order valence-electron chi connectivity index (χ1n) is 7.69. The normalized spacial score (nSPS) is 10.2. The van der Waals surface area contributed by atoms with E-state index in [1.165, 1.54) is 83.6 Å². The van der Waals surface area contributed by atoms with Crippen molar-refractivity contribution >= 4 is 0 Å². The minimum atomic E-state index is 0. The van der Waals surface area contributed by atoms with Gasteiger partial charge in [-0.1, -0.05) is 71.1 Å². The molecule has 0 spiro atoms. The topological polar surface area (TPSA) is 16.6 Å². The Morgan fingerprint density at radius 2 is 0.941 bits per heavy atom. The summed E-state index contributed by atoms with van der Waals surface area (Å²) in [6, 6.07) is 0. The average Bonchev–Trinajstić information content (AvgIpc) is 2.31. The number of rotatable bonds is 13. The summed E-state index contributed by atoms with van der Waals surface area (Å²) in [5, 5.41) is 2.29. The molecule has 0 atom stereocenters. The number of hydrogen-bond acceptors (Lipinski definition) is 0. The van der Waals surface area contributed by atoms with Crippen LogP contribution in [0.2, 0.25) is 0 Å². The summed E-state index contributed by atoms with van der Waals surface area (Å²) in [7, 11) is 2.17. The maximum absolute atomic E-state index is 2.29. The van der Waals surface area contributed by atoms with E-state index in [2.05, 4.69) is 19.3 Å². The van der Waals surface area contributed by atoms with Crippen molar-refractivity contribution in [2.45, 2.75) is 84.0 Å². The first-order valence-corrected chi connectivity index (χ1v) is 7.69. The summed E-state index contributed by atoms with van der Waals surface area (Å²) in [6.07, 6.45) is 17.4. The van der Waals surface area contributed by atoms with E-state index in [9.17, 15) is 0 Å². The summed E-state index contributed by atoms with van der Waals surface area (Å²) in [5.74, 6) is 0. The summed E-state index contributed by atoms with van der Waals surface area (Å²) in [6.45, 7) is 3.60. The molecule has 0 radical (unpaired) electrons. The van der Waals surface area contributed by atoms with E-state index in [-0.39, 0.29) is 24.0 Å². The zero-order valence-corrected chi connectivity index (χ0v) is 14.3. The lowest BCUT2D eigenvalue weighted by atomic mass is 10.1. The predicted molar refractivity (Wildman–Crippen MR) is 73.8 cm³/mol. The van der Waals surface area contributed by atoms with Gasteiger partial charge in [-0.3, -0.25) is 0 Å². The van der Waals surface area contributed by atoms with Gasteiger partial charge in [0.1, 0.15) is 0 Å². The molecule has 0 bridgehead atoms. The fourth-order valence-corrected chi connectivity index (χ4v) is 2.19. The van der Waals surface area contributed by atoms with Gasteiger partial charge in [0.2, 0.25) is 0 Å². The molecular weight excluding hydrogens is 321 g/mol. The van der Waals surface area contributed by atoms with E-state index in [0.29, 0.717) is 0 Å². The van der Waals surface area contributed by atoms with Crippen LogP contribution in [0.3, 0.4) is 0 Å². The molecule has 0 saturated heterocycles. The van der Waals surface area contributed by atoms with E-state index < -0.39 is 0 Å². The zero-order valence-electron chi connectivity index (χ0n) is 12.1. The third kappa shape index (κ3) is 19.2. The first kappa shape index (κ1) is 20.0. The van der Waals surface area contributed by atoms with Crippen LogP contribution in [-0.2, 0) is 0 Å². The molecule has 2 heteroatoms. The van der Waals surface area contributed by atoms with Gasteiger partial charge in [0, 0.05) is 0 Å². The highest BCUT2D eigenvalue weighted by Crippen LogP contribution is 2.11. The van der Waals surface area contributed by atoms with Crippen LogP contribution in [0.1, 0.15) is 84.0 Å². The van der Waals surface area contributed by atoms with Gasteiger partial charge in [-0.05, 0) is 12.8 Å². The standard InChI is InChI=1S/C15H33N.HI/c1-3-4-5-6-7-8-9-10-11-12-13-14-15-16-2;/h16H,3-15H2,1-2H3;1H. The predicted octanol–water partition coefficient (Wildman–Crippen LogP) is 0.885. The molecule has 0 aliphatic carbocycles. The lowest BCUT2D eigenvalue weighted by Gasteiger charge is -2.02. The largest absolute Gasteiger partial charge is 1.00 e. The number of nitrogens with two attached hydrogens (primary N) is 1. The third-order valence-corrected chi connectivity index (χ3v) is 3.35. The van der Waals surface area contributed by atoms with Crippen LogP contribution in [0.25, 0.3) is 0 Å². The van der Waals surface area contributed by atoms with Gasteiger partial charge in [0.05, 0.1) is 13.6 Å². The van der Waals surface area contributed by atoms with Crippen LogP contribution in [0.5, 0.6) is 0 Å². The SMILES string of the molecule is CCCCCCCCCCCCCC[NH2+]C.[I-]. The van der Waals surface area contributed by atoms with Gasteiger partial charge in [-0.2, -0.15) is 0 Å². The Balaban J connectivity index is 0. The van der Waals surface area contributed by atoms with Gasteiger partial charge in [-0.25, -0.2) is 0 Å². The Bertz CT molecular complexity index is 103. The van der Waals surface area contributed by atoms with E-state index in [1.54, 1.807) is 0 Å². The smallest absolute Gasteiger partial charge is 0.0753 e. The van der Waals surface area contributed by atoms with Crippen molar-refractivity contribution in [1.29, 1.82) is 0 Å². The maximum atomic E-state index is 2.29. The average molecular weight is 355 g/mol. The summed E-state index contributed by atoms with van der Waals surface area (Å²) < 4.78 is 0. The highest BCUT2D eigenvalue weighted by atomic mass is 127. The molecule has 0 unspecified atom stereocenters. The molecule has 0 fully saturated rings. The quantitative estimate of drug-likeness (QED) is 0.373. The molecule has 2 N–H and O–H groups in total. The molecule has 0 aliphatic heterocycles. The number of unbranched alkanes of at least 4 members (excludes halogenated alkanes) is 11. The Labute approximate surface area is 127 Å². The first-order chi connectivity index (χ1) is 7.91. The molecule has 0 aromatic rings. The molecule has 1 nitrogen and oxygen atoms in total. The van der Waals surface area contributed by atoms with Gasteiger partial charge in [-0.15, -0.1) is 0 Å². The number of halogens is 1. The molecule has 0 rings (SSSR count). The molecule has 17 heavy (non-hydrogen) atoms. The molecular formula is C15H34IN. The maximum Gasteiger partial charge on any atom is 0.0753 e. The zero-order chi connectivity index (χ0) is 11.9. The minimum Gasteiger partial charge on any atom is -1.00 e. The Morgan fingerprint density at radius 1 is 0.588 bits per heavy atom. The number of hydrogen-bond donors (Lipinski definition) is 1. The van der Waals surface area contributed by atoms with Crippen molar-refractivity contribution in [3.63, 3.8) is 0 Å². The fraction of sp³-hybridized carbons (Fsp3) is 1.00. The second-order valence-corrected chi connectivity index (χ2v) is 5.09. The second-order valence-electron chi connectivity index (χ2n) is 5.09. The Morgan fingerprint density at radius 3 is 1.29 bits per heavy atom. The summed E-state index contributed by atoms with van der Waals surface area (Å²) in [4.78, 5) is 0. The van der Waals surface area contributed by atoms with Crippen LogP contribution in [0.4, 0.5) is 0 Å². The monoisotopic (exact) mass is 355 g/mol.